The number of aliphatic hydroxyl groups excluding tert-OH is 2. The first-order valence-corrected chi connectivity index (χ1v) is 29.8. The number of nitrogens with one attached hydrogen (secondary N) is 1. The molecule has 6 heteroatoms. The van der Waals surface area contributed by atoms with Gasteiger partial charge in [-0.15, -0.1) is 0 Å². The molecule has 0 heterocycles. The Morgan fingerprint density at radius 1 is 0.418 bits per heavy atom. The molecular weight excluding hydrogens is 827 g/mol. The highest BCUT2D eigenvalue weighted by Gasteiger charge is 2.18. The fourth-order valence-corrected chi connectivity index (χ4v) is 9.08. The van der Waals surface area contributed by atoms with Gasteiger partial charge in [0.1, 0.15) is 0 Å². The molecule has 0 aromatic heterocycles. The number of allylic oxidation sites excluding steroid dienone is 5. The van der Waals surface area contributed by atoms with Gasteiger partial charge in [0.05, 0.1) is 25.4 Å². The highest BCUT2D eigenvalue weighted by Crippen LogP contribution is 2.17. The third-order valence-electron chi connectivity index (χ3n) is 13.7. The maximum atomic E-state index is 12.4. The molecule has 3 N–H and O–H groups in total. The van der Waals surface area contributed by atoms with Crippen LogP contribution in [0.5, 0.6) is 0 Å². The van der Waals surface area contributed by atoms with Crippen LogP contribution in [0, 0.1) is 0 Å². The molecule has 0 aliphatic rings. The number of esters is 1. The van der Waals surface area contributed by atoms with Crippen LogP contribution in [0.3, 0.4) is 0 Å². The van der Waals surface area contributed by atoms with Crippen LogP contribution in [-0.2, 0) is 14.3 Å². The summed E-state index contributed by atoms with van der Waals surface area (Å²) in [5.41, 5.74) is 0. The summed E-state index contributed by atoms with van der Waals surface area (Å²) in [5, 5.41) is 23.1. The number of rotatable bonds is 55. The Bertz CT molecular complexity index is 1090. The Balaban J connectivity index is 3.41. The number of hydrogen-bond acceptors (Lipinski definition) is 5. The number of ether oxygens (including phenoxy) is 1. The average Bonchev–Trinajstić information content (AvgIpc) is 3.33. The van der Waals surface area contributed by atoms with Crippen LogP contribution in [0.2, 0.25) is 0 Å². The summed E-state index contributed by atoms with van der Waals surface area (Å²) in [5.74, 6) is -0.0694. The van der Waals surface area contributed by atoms with E-state index in [1.165, 1.54) is 238 Å². The average molecular weight is 943 g/mol. The van der Waals surface area contributed by atoms with Crippen LogP contribution < -0.4 is 5.32 Å². The zero-order chi connectivity index (χ0) is 48.6. The van der Waals surface area contributed by atoms with Crippen molar-refractivity contribution in [2.24, 2.45) is 0 Å². The molecule has 0 bridgehead atoms. The molecule has 6 nitrogen and oxygen atoms in total. The summed E-state index contributed by atoms with van der Waals surface area (Å²) in [6, 6.07) is -0.630. The van der Waals surface area contributed by atoms with E-state index >= 15 is 0 Å². The summed E-state index contributed by atoms with van der Waals surface area (Å²) >= 11 is 0. The normalized spacial score (nSPS) is 12.8. The Hall–Kier alpha value is -1.92. The fraction of sp³-hybridized carbons (Fsp3) is 0.869. The number of aliphatic hydroxyl groups is 2. The Labute approximate surface area is 417 Å². The number of carbonyl (C=O) groups excluding carboxylic acids is 2. The molecule has 0 rings (SSSR count). The van der Waals surface area contributed by atoms with Crippen LogP contribution in [0.25, 0.3) is 0 Å². The molecule has 0 aromatic carbocycles. The van der Waals surface area contributed by atoms with Crippen LogP contribution in [0.1, 0.15) is 316 Å². The van der Waals surface area contributed by atoms with Crippen LogP contribution in [-0.4, -0.2) is 47.4 Å². The Morgan fingerprint density at radius 2 is 0.746 bits per heavy atom. The van der Waals surface area contributed by atoms with Gasteiger partial charge in [0.25, 0.3) is 0 Å². The lowest BCUT2D eigenvalue weighted by molar-refractivity contribution is -0.143. The summed E-state index contributed by atoms with van der Waals surface area (Å²) in [6.07, 6.45) is 70.2. The molecule has 0 aliphatic carbocycles. The van der Waals surface area contributed by atoms with E-state index in [1.807, 2.05) is 6.08 Å². The van der Waals surface area contributed by atoms with Crippen LogP contribution >= 0.6 is 0 Å². The number of carbonyl (C=O) groups is 2. The SMILES string of the molecule is CCCCC/C=C\C/C=C\CCCCCCCCCCCC(=O)OCCCCCCCCCCCCCCCCCCCCC(=O)NC(CO)C(O)/C=C/CCCCCCCCCCCCC. The molecule has 0 aliphatic heterocycles. The van der Waals surface area contributed by atoms with Crippen molar-refractivity contribution < 1.29 is 24.5 Å². The molecule has 394 valence electrons. The minimum Gasteiger partial charge on any atom is -0.466 e. The van der Waals surface area contributed by atoms with E-state index in [0.29, 0.717) is 19.4 Å². The predicted molar refractivity (Wildman–Crippen MR) is 292 cm³/mol. The van der Waals surface area contributed by atoms with Gasteiger partial charge in [-0.2, -0.15) is 0 Å². The van der Waals surface area contributed by atoms with E-state index in [0.717, 1.165) is 51.4 Å². The van der Waals surface area contributed by atoms with E-state index in [1.54, 1.807) is 6.08 Å². The molecule has 1 amide bonds. The quantitative estimate of drug-likeness (QED) is 0.0321. The first-order chi connectivity index (χ1) is 33.0. The first kappa shape index (κ1) is 65.1. The van der Waals surface area contributed by atoms with E-state index in [-0.39, 0.29) is 18.5 Å². The maximum absolute atomic E-state index is 12.4. The second-order valence-electron chi connectivity index (χ2n) is 20.3. The zero-order valence-corrected chi connectivity index (χ0v) is 44.9. The van der Waals surface area contributed by atoms with Crippen molar-refractivity contribution in [3.8, 4) is 0 Å². The first-order valence-electron chi connectivity index (χ1n) is 29.8. The number of amides is 1. The summed E-state index contributed by atoms with van der Waals surface area (Å²) in [4.78, 5) is 24.5. The van der Waals surface area contributed by atoms with Gasteiger partial charge in [0.15, 0.2) is 0 Å². The lowest BCUT2D eigenvalue weighted by Crippen LogP contribution is -2.45. The predicted octanol–water partition coefficient (Wildman–Crippen LogP) is 18.4. The lowest BCUT2D eigenvalue weighted by Gasteiger charge is -2.20. The van der Waals surface area contributed by atoms with Crippen molar-refractivity contribution in [3.63, 3.8) is 0 Å². The summed E-state index contributed by atoms with van der Waals surface area (Å²) in [7, 11) is 0. The lowest BCUT2D eigenvalue weighted by atomic mass is 10.0. The molecule has 67 heavy (non-hydrogen) atoms. The molecule has 0 radical (unpaired) electrons. The van der Waals surface area contributed by atoms with E-state index < -0.39 is 12.1 Å². The topological polar surface area (TPSA) is 95.9 Å². The zero-order valence-electron chi connectivity index (χ0n) is 44.9. The highest BCUT2D eigenvalue weighted by molar-refractivity contribution is 5.76. The van der Waals surface area contributed by atoms with Gasteiger partial charge in [-0.05, 0) is 64.2 Å². The van der Waals surface area contributed by atoms with Crippen molar-refractivity contribution >= 4 is 11.9 Å². The third kappa shape index (κ3) is 53.3. The number of unbranched alkanes of at least 4 members (excludes halogenated alkanes) is 40. The highest BCUT2D eigenvalue weighted by atomic mass is 16.5. The largest absolute Gasteiger partial charge is 0.466 e. The molecule has 0 fully saturated rings. The Kier molecular flexibility index (Phi) is 55.0. The second-order valence-corrected chi connectivity index (χ2v) is 20.3. The van der Waals surface area contributed by atoms with Gasteiger partial charge < -0.3 is 20.3 Å². The van der Waals surface area contributed by atoms with Gasteiger partial charge >= 0.3 is 5.97 Å². The second kappa shape index (κ2) is 56.7. The fourth-order valence-electron chi connectivity index (χ4n) is 9.08. The monoisotopic (exact) mass is 942 g/mol. The van der Waals surface area contributed by atoms with E-state index in [2.05, 4.69) is 43.5 Å². The van der Waals surface area contributed by atoms with Gasteiger partial charge in [-0.3, -0.25) is 9.59 Å². The minimum atomic E-state index is -0.847. The van der Waals surface area contributed by atoms with Gasteiger partial charge in [0.2, 0.25) is 5.91 Å². The molecule has 2 unspecified atom stereocenters. The van der Waals surface area contributed by atoms with Crippen molar-refractivity contribution in [1.82, 2.24) is 5.32 Å². The number of hydrogen-bond donors (Lipinski definition) is 3. The van der Waals surface area contributed by atoms with Crippen LogP contribution in [0.15, 0.2) is 36.5 Å². The summed E-state index contributed by atoms with van der Waals surface area (Å²) < 4.78 is 5.49. The minimum absolute atomic E-state index is 0.00260. The van der Waals surface area contributed by atoms with Gasteiger partial charge in [0, 0.05) is 12.8 Å². The van der Waals surface area contributed by atoms with Crippen molar-refractivity contribution in [2.45, 2.75) is 328 Å². The van der Waals surface area contributed by atoms with Gasteiger partial charge in [-0.1, -0.05) is 275 Å². The van der Waals surface area contributed by atoms with Crippen molar-refractivity contribution in [1.29, 1.82) is 0 Å². The van der Waals surface area contributed by atoms with E-state index in [9.17, 15) is 19.8 Å². The molecular formula is C61H115NO5. The standard InChI is InChI=1S/C61H115NO5/c1-3-5-7-9-11-13-15-17-18-19-20-24-27-31-35-39-43-47-51-55-61(66)67-56-52-48-44-40-36-32-28-25-22-21-23-26-30-34-38-42-46-50-54-60(65)62-58(57-63)59(64)53-49-45-41-37-33-29-16-14-12-10-8-6-4-2/h11,13,17-18,49,53,58-59,63-64H,3-10,12,14-16,19-48,50-52,54-57H2,1-2H3,(H,62,65)/b13-11-,18-17-,53-49+. The molecule has 0 saturated heterocycles. The van der Waals surface area contributed by atoms with Crippen LogP contribution in [0.4, 0.5) is 0 Å². The smallest absolute Gasteiger partial charge is 0.305 e. The molecule has 0 saturated carbocycles. The maximum Gasteiger partial charge on any atom is 0.305 e. The molecule has 2 atom stereocenters. The van der Waals surface area contributed by atoms with Crippen molar-refractivity contribution in [2.75, 3.05) is 13.2 Å². The Morgan fingerprint density at radius 3 is 1.16 bits per heavy atom. The summed E-state index contributed by atoms with van der Waals surface area (Å²) in [6.45, 7) is 4.87. The van der Waals surface area contributed by atoms with E-state index in [4.69, 9.17) is 4.74 Å². The van der Waals surface area contributed by atoms with Gasteiger partial charge in [-0.25, -0.2) is 0 Å². The molecule has 0 aromatic rings. The third-order valence-corrected chi connectivity index (χ3v) is 13.7. The molecule has 0 spiro atoms. The van der Waals surface area contributed by atoms with Crippen molar-refractivity contribution in [3.05, 3.63) is 36.5 Å².